The molecule has 0 radical (unpaired) electrons. The Morgan fingerprint density at radius 3 is 3.09 bits per heavy atom. The predicted molar refractivity (Wildman–Crippen MR) is 35.6 cm³/mol. The molecule has 0 saturated carbocycles. The highest BCUT2D eigenvalue weighted by Gasteiger charge is 1.98. The van der Waals surface area contributed by atoms with Crippen molar-refractivity contribution in [3.05, 3.63) is 28.7 Å². The van der Waals surface area contributed by atoms with Crippen molar-refractivity contribution in [1.82, 2.24) is 9.71 Å². The summed E-state index contributed by atoms with van der Waals surface area (Å²) in [7, 11) is 0. The molecule has 11 heavy (non-hydrogen) atoms. The molecule has 1 aromatic heterocycles. The Balaban J connectivity index is 2.99. The lowest BCUT2D eigenvalue weighted by Gasteiger charge is -2.04. The van der Waals surface area contributed by atoms with Crippen molar-refractivity contribution in [3.63, 3.8) is 0 Å². The van der Waals surface area contributed by atoms with Crippen LogP contribution < -0.4 is 10.4 Å². The molecule has 0 aliphatic rings. The van der Waals surface area contributed by atoms with Crippen LogP contribution in [0.2, 0.25) is 0 Å². The normalized spacial score (nSPS) is 9.64. The SMILES string of the molecule is CCOn1ccc(=O)nc1F. The summed E-state index contributed by atoms with van der Waals surface area (Å²) >= 11 is 0. The first-order chi connectivity index (χ1) is 5.24. The van der Waals surface area contributed by atoms with E-state index >= 15 is 0 Å². The van der Waals surface area contributed by atoms with E-state index in [1.807, 2.05) is 0 Å². The molecule has 0 spiro atoms. The van der Waals surface area contributed by atoms with Gasteiger partial charge in [-0.25, -0.2) is 0 Å². The third-order valence-electron chi connectivity index (χ3n) is 1.01. The number of nitrogens with zero attached hydrogens (tertiary/aromatic N) is 2. The van der Waals surface area contributed by atoms with Crippen LogP contribution in [0.5, 0.6) is 0 Å². The summed E-state index contributed by atoms with van der Waals surface area (Å²) in [5.41, 5.74) is -0.613. The van der Waals surface area contributed by atoms with E-state index in [1.165, 1.54) is 6.20 Å². The summed E-state index contributed by atoms with van der Waals surface area (Å²) in [6, 6.07) is 1.12. The average molecular weight is 158 g/mol. The van der Waals surface area contributed by atoms with Crippen molar-refractivity contribution in [2.45, 2.75) is 6.92 Å². The molecule has 0 saturated heterocycles. The first kappa shape index (κ1) is 7.71. The van der Waals surface area contributed by atoms with Gasteiger partial charge in [0.05, 0.1) is 6.20 Å². The molecule has 0 bridgehead atoms. The monoisotopic (exact) mass is 158 g/mol. The van der Waals surface area contributed by atoms with Gasteiger partial charge in [-0.3, -0.25) is 4.79 Å². The highest BCUT2D eigenvalue weighted by atomic mass is 19.1. The Morgan fingerprint density at radius 2 is 2.55 bits per heavy atom. The zero-order chi connectivity index (χ0) is 8.27. The molecule has 0 unspecified atom stereocenters. The largest absolute Gasteiger partial charge is 0.411 e. The Morgan fingerprint density at radius 1 is 1.82 bits per heavy atom. The third kappa shape index (κ3) is 1.76. The van der Waals surface area contributed by atoms with E-state index in [-0.39, 0.29) is 0 Å². The van der Waals surface area contributed by atoms with E-state index in [4.69, 9.17) is 4.84 Å². The molecule has 0 aliphatic carbocycles. The molecule has 0 fully saturated rings. The first-order valence-electron chi connectivity index (χ1n) is 3.12. The first-order valence-corrected chi connectivity index (χ1v) is 3.12. The molecular weight excluding hydrogens is 151 g/mol. The summed E-state index contributed by atoms with van der Waals surface area (Å²) in [5.74, 6) is 0. The second-order valence-corrected chi connectivity index (χ2v) is 1.78. The van der Waals surface area contributed by atoms with Crippen molar-refractivity contribution in [2.24, 2.45) is 0 Å². The van der Waals surface area contributed by atoms with Gasteiger partial charge in [0.15, 0.2) is 0 Å². The second-order valence-electron chi connectivity index (χ2n) is 1.78. The maximum atomic E-state index is 12.6. The van der Waals surface area contributed by atoms with Crippen LogP contribution in [0.1, 0.15) is 6.92 Å². The van der Waals surface area contributed by atoms with Gasteiger partial charge in [-0.05, 0) is 6.92 Å². The van der Waals surface area contributed by atoms with Crippen LogP contribution in [0.25, 0.3) is 0 Å². The summed E-state index contributed by atoms with van der Waals surface area (Å²) in [4.78, 5) is 18.2. The standard InChI is InChI=1S/C6H7FN2O2/c1-2-11-9-4-3-5(10)8-6(9)7/h3-4H,2H2,1H3. The lowest BCUT2D eigenvalue weighted by Crippen LogP contribution is -2.20. The van der Waals surface area contributed by atoms with Crippen molar-refractivity contribution in [1.29, 1.82) is 0 Å². The van der Waals surface area contributed by atoms with Crippen molar-refractivity contribution in [2.75, 3.05) is 6.61 Å². The van der Waals surface area contributed by atoms with Crippen LogP contribution in [0.4, 0.5) is 4.39 Å². The van der Waals surface area contributed by atoms with Gasteiger partial charge >= 0.3 is 6.08 Å². The lowest BCUT2D eigenvalue weighted by atomic mass is 10.7. The van der Waals surface area contributed by atoms with E-state index in [9.17, 15) is 9.18 Å². The van der Waals surface area contributed by atoms with Crippen LogP contribution in [0.15, 0.2) is 17.1 Å². The Hall–Kier alpha value is -1.39. The predicted octanol–water partition coefficient (Wildman–Crippen LogP) is -0.169. The van der Waals surface area contributed by atoms with Crippen molar-refractivity contribution >= 4 is 0 Å². The zero-order valence-corrected chi connectivity index (χ0v) is 5.95. The number of rotatable bonds is 2. The zero-order valence-electron chi connectivity index (χ0n) is 5.95. The smallest absolute Gasteiger partial charge is 0.325 e. The highest BCUT2D eigenvalue weighted by molar-refractivity contribution is 4.80. The molecule has 0 atom stereocenters. The fourth-order valence-electron chi connectivity index (χ4n) is 0.606. The van der Waals surface area contributed by atoms with Gasteiger partial charge in [-0.15, -0.1) is 4.73 Å². The Bertz CT molecular complexity index is 297. The lowest BCUT2D eigenvalue weighted by molar-refractivity contribution is 0.0853. The van der Waals surface area contributed by atoms with Crippen LogP contribution in [-0.2, 0) is 0 Å². The molecule has 0 N–H and O–H groups in total. The molecule has 1 rings (SSSR count). The van der Waals surface area contributed by atoms with Gasteiger partial charge in [0, 0.05) is 6.07 Å². The summed E-state index contributed by atoms with van der Waals surface area (Å²) in [6.45, 7) is 2.03. The minimum Gasteiger partial charge on any atom is -0.411 e. The van der Waals surface area contributed by atoms with Crippen LogP contribution >= 0.6 is 0 Å². The van der Waals surface area contributed by atoms with E-state index in [2.05, 4.69) is 4.98 Å². The van der Waals surface area contributed by atoms with Gasteiger partial charge in [0.2, 0.25) is 0 Å². The van der Waals surface area contributed by atoms with Crippen LogP contribution in [-0.4, -0.2) is 16.3 Å². The summed E-state index contributed by atoms with van der Waals surface area (Å²) in [5, 5.41) is 0. The Kier molecular flexibility index (Phi) is 2.20. The Labute approximate surface area is 62.2 Å². The molecule has 5 heteroatoms. The fourth-order valence-corrected chi connectivity index (χ4v) is 0.606. The van der Waals surface area contributed by atoms with E-state index in [0.29, 0.717) is 6.61 Å². The van der Waals surface area contributed by atoms with Gasteiger partial charge in [0.25, 0.3) is 5.56 Å². The number of halogens is 1. The van der Waals surface area contributed by atoms with Gasteiger partial charge < -0.3 is 4.84 Å². The number of aromatic nitrogens is 2. The topological polar surface area (TPSA) is 44.1 Å². The molecule has 0 aromatic carbocycles. The van der Waals surface area contributed by atoms with Gasteiger partial charge in [-0.2, -0.15) is 9.37 Å². The molecular formula is C6H7FN2O2. The molecule has 60 valence electrons. The van der Waals surface area contributed by atoms with E-state index in [0.717, 1.165) is 10.8 Å². The van der Waals surface area contributed by atoms with E-state index < -0.39 is 11.6 Å². The average Bonchev–Trinajstić information content (AvgIpc) is 1.95. The molecule has 0 amide bonds. The number of hydrogen-bond acceptors (Lipinski definition) is 3. The van der Waals surface area contributed by atoms with Gasteiger partial charge in [-0.1, -0.05) is 0 Å². The summed E-state index contributed by atoms with van der Waals surface area (Å²) in [6.07, 6.45) is 0.258. The third-order valence-corrected chi connectivity index (χ3v) is 1.01. The maximum absolute atomic E-state index is 12.6. The van der Waals surface area contributed by atoms with Crippen molar-refractivity contribution < 1.29 is 9.23 Å². The quantitative estimate of drug-likeness (QED) is 0.561. The van der Waals surface area contributed by atoms with E-state index in [1.54, 1.807) is 6.92 Å². The highest BCUT2D eigenvalue weighted by Crippen LogP contribution is 1.85. The molecule has 1 heterocycles. The maximum Gasteiger partial charge on any atom is 0.325 e. The van der Waals surface area contributed by atoms with Crippen molar-refractivity contribution in [3.8, 4) is 0 Å². The number of hydrogen-bond donors (Lipinski definition) is 0. The minimum absolute atomic E-state index is 0.321. The minimum atomic E-state index is -0.931. The molecule has 4 nitrogen and oxygen atoms in total. The summed E-state index contributed by atoms with van der Waals surface area (Å²) < 4.78 is 13.4. The fraction of sp³-hybridized carbons (Fsp3) is 0.333. The second kappa shape index (κ2) is 3.14. The van der Waals surface area contributed by atoms with Crippen LogP contribution in [0, 0.1) is 6.08 Å². The molecule has 1 aromatic rings. The van der Waals surface area contributed by atoms with Crippen LogP contribution in [0.3, 0.4) is 0 Å². The molecule has 0 aliphatic heterocycles. The van der Waals surface area contributed by atoms with Gasteiger partial charge in [0.1, 0.15) is 6.61 Å².